The van der Waals surface area contributed by atoms with Crippen LogP contribution in [0, 0.1) is 17.3 Å². The molecule has 0 aromatic rings. The highest BCUT2D eigenvalue weighted by Crippen LogP contribution is 2.52. The molecule has 0 bridgehead atoms. The van der Waals surface area contributed by atoms with E-state index in [0.717, 1.165) is 11.5 Å². The van der Waals surface area contributed by atoms with E-state index in [0.29, 0.717) is 31.3 Å². The van der Waals surface area contributed by atoms with Crippen molar-refractivity contribution in [2.75, 3.05) is 18.1 Å². The highest BCUT2D eigenvalue weighted by molar-refractivity contribution is 7.99. The van der Waals surface area contributed by atoms with Gasteiger partial charge in [-0.2, -0.15) is 11.8 Å². The first kappa shape index (κ1) is 12.0. The molecule has 16 heavy (non-hydrogen) atoms. The lowest BCUT2D eigenvalue weighted by Crippen LogP contribution is -2.37. The smallest absolute Gasteiger partial charge is 0.319 e. The van der Waals surface area contributed by atoms with Gasteiger partial charge in [0, 0.05) is 0 Å². The molecular formula is C12H18O3S. The maximum absolute atomic E-state index is 12.0. The Kier molecular flexibility index (Phi) is 3.29. The number of esters is 1. The van der Waals surface area contributed by atoms with Gasteiger partial charge < -0.3 is 4.74 Å². The Morgan fingerprint density at radius 2 is 1.88 bits per heavy atom. The molecule has 2 fully saturated rings. The van der Waals surface area contributed by atoms with Crippen LogP contribution in [-0.4, -0.2) is 29.9 Å². The van der Waals surface area contributed by atoms with Gasteiger partial charge in [0.15, 0.2) is 0 Å². The van der Waals surface area contributed by atoms with Crippen LogP contribution in [0.1, 0.15) is 26.7 Å². The summed E-state index contributed by atoms with van der Waals surface area (Å²) in [5, 5.41) is 0. The predicted molar refractivity (Wildman–Crippen MR) is 63.3 cm³/mol. The van der Waals surface area contributed by atoms with Gasteiger partial charge in [-0.3, -0.25) is 9.59 Å². The largest absolute Gasteiger partial charge is 0.465 e. The van der Waals surface area contributed by atoms with E-state index in [1.54, 1.807) is 6.92 Å². The van der Waals surface area contributed by atoms with Crippen LogP contribution in [0.3, 0.4) is 0 Å². The SMILES string of the molecule is CCOC(=O)C1(C(C)=O)C[C@H]2CSC[C@H]2C1. The van der Waals surface area contributed by atoms with Crippen molar-refractivity contribution >= 4 is 23.5 Å². The molecule has 1 saturated heterocycles. The van der Waals surface area contributed by atoms with E-state index in [1.165, 1.54) is 6.92 Å². The average molecular weight is 242 g/mol. The normalized spacial score (nSPS) is 37.1. The zero-order valence-corrected chi connectivity index (χ0v) is 10.6. The Bertz CT molecular complexity index is 301. The predicted octanol–water partition coefficient (Wildman–Crippen LogP) is 1.90. The van der Waals surface area contributed by atoms with Gasteiger partial charge in [0.2, 0.25) is 0 Å². The Labute approximate surface area is 100 Å². The fourth-order valence-corrected chi connectivity index (χ4v) is 4.46. The van der Waals surface area contributed by atoms with E-state index in [-0.39, 0.29) is 11.8 Å². The van der Waals surface area contributed by atoms with Gasteiger partial charge in [-0.1, -0.05) is 0 Å². The van der Waals surface area contributed by atoms with Crippen molar-refractivity contribution in [3.63, 3.8) is 0 Å². The zero-order valence-electron chi connectivity index (χ0n) is 9.82. The average Bonchev–Trinajstić information content (AvgIpc) is 2.74. The quantitative estimate of drug-likeness (QED) is 0.560. The van der Waals surface area contributed by atoms with E-state index < -0.39 is 5.41 Å². The maximum atomic E-state index is 12.0. The molecule has 1 aliphatic carbocycles. The van der Waals surface area contributed by atoms with Crippen LogP contribution in [0.5, 0.6) is 0 Å². The molecule has 90 valence electrons. The van der Waals surface area contributed by atoms with Gasteiger partial charge in [0.05, 0.1) is 6.61 Å². The monoisotopic (exact) mass is 242 g/mol. The first-order chi connectivity index (χ1) is 7.60. The van der Waals surface area contributed by atoms with Crippen LogP contribution in [0.25, 0.3) is 0 Å². The van der Waals surface area contributed by atoms with Gasteiger partial charge in [-0.25, -0.2) is 0 Å². The standard InChI is InChI=1S/C12H18O3S/c1-3-15-11(14)12(8(2)13)4-9-6-16-7-10(9)5-12/h9-10H,3-7H2,1-2H3/t9-,10+,12?. The number of hydrogen-bond acceptors (Lipinski definition) is 4. The topological polar surface area (TPSA) is 43.4 Å². The molecule has 1 heterocycles. The van der Waals surface area contributed by atoms with Crippen molar-refractivity contribution < 1.29 is 14.3 Å². The summed E-state index contributed by atoms with van der Waals surface area (Å²) in [6, 6.07) is 0. The molecule has 0 radical (unpaired) electrons. The minimum absolute atomic E-state index is 0.00894. The minimum atomic E-state index is -0.813. The van der Waals surface area contributed by atoms with E-state index in [1.807, 2.05) is 11.8 Å². The number of carbonyl (C=O) groups is 2. The third-order valence-electron chi connectivity index (χ3n) is 3.89. The highest BCUT2D eigenvalue weighted by Gasteiger charge is 2.55. The van der Waals surface area contributed by atoms with Crippen molar-refractivity contribution in [2.45, 2.75) is 26.7 Å². The number of ketones is 1. The van der Waals surface area contributed by atoms with Crippen molar-refractivity contribution in [3.05, 3.63) is 0 Å². The fraction of sp³-hybridized carbons (Fsp3) is 0.833. The van der Waals surface area contributed by atoms with Crippen molar-refractivity contribution in [1.82, 2.24) is 0 Å². The minimum Gasteiger partial charge on any atom is -0.465 e. The summed E-state index contributed by atoms with van der Waals surface area (Å²) in [6.45, 7) is 3.68. The summed E-state index contributed by atoms with van der Waals surface area (Å²) in [5.41, 5.74) is -0.813. The van der Waals surface area contributed by atoms with Gasteiger partial charge in [-0.05, 0) is 50.0 Å². The van der Waals surface area contributed by atoms with Crippen LogP contribution >= 0.6 is 11.8 Å². The van der Waals surface area contributed by atoms with E-state index in [2.05, 4.69) is 0 Å². The Hall–Kier alpha value is -0.510. The zero-order chi connectivity index (χ0) is 11.8. The number of thioether (sulfide) groups is 1. The first-order valence-electron chi connectivity index (χ1n) is 5.86. The number of Topliss-reactive ketones (excluding diaryl/α,β-unsaturated/α-hetero) is 1. The molecule has 0 aromatic carbocycles. The first-order valence-corrected chi connectivity index (χ1v) is 7.01. The number of fused-ring (bicyclic) bond motifs is 1. The van der Waals surface area contributed by atoms with Gasteiger partial charge in [0.25, 0.3) is 0 Å². The number of hydrogen-bond donors (Lipinski definition) is 0. The molecule has 2 rings (SSSR count). The summed E-state index contributed by atoms with van der Waals surface area (Å²) in [5.74, 6) is 2.97. The fourth-order valence-electron chi connectivity index (χ4n) is 2.94. The van der Waals surface area contributed by atoms with Crippen LogP contribution in [0.4, 0.5) is 0 Å². The summed E-state index contributed by atoms with van der Waals surface area (Å²) >= 11 is 1.94. The molecule has 2 aliphatic rings. The summed E-state index contributed by atoms with van der Waals surface area (Å²) < 4.78 is 5.09. The maximum Gasteiger partial charge on any atom is 0.319 e. The lowest BCUT2D eigenvalue weighted by Gasteiger charge is -2.24. The van der Waals surface area contributed by atoms with Crippen LogP contribution in [0.2, 0.25) is 0 Å². The second-order valence-corrected chi connectivity index (χ2v) is 5.90. The van der Waals surface area contributed by atoms with Crippen molar-refractivity contribution in [2.24, 2.45) is 17.3 Å². The molecule has 0 aromatic heterocycles. The Morgan fingerprint density at radius 3 is 2.31 bits per heavy atom. The summed E-state index contributed by atoms with van der Waals surface area (Å²) in [4.78, 5) is 23.8. The molecule has 4 heteroatoms. The molecular weight excluding hydrogens is 224 g/mol. The molecule has 0 N–H and O–H groups in total. The molecule has 3 nitrogen and oxygen atoms in total. The molecule has 1 aliphatic heterocycles. The molecule has 3 atom stereocenters. The van der Waals surface area contributed by atoms with Crippen LogP contribution in [0.15, 0.2) is 0 Å². The van der Waals surface area contributed by atoms with Gasteiger partial charge in [0.1, 0.15) is 11.2 Å². The number of ether oxygens (including phenoxy) is 1. The molecule has 0 spiro atoms. The van der Waals surface area contributed by atoms with Gasteiger partial charge in [-0.15, -0.1) is 0 Å². The summed E-state index contributed by atoms with van der Waals surface area (Å²) in [7, 11) is 0. The van der Waals surface area contributed by atoms with E-state index >= 15 is 0 Å². The number of rotatable bonds is 3. The highest BCUT2D eigenvalue weighted by atomic mass is 32.2. The Morgan fingerprint density at radius 1 is 1.31 bits per heavy atom. The number of carbonyl (C=O) groups excluding carboxylic acids is 2. The Balaban J connectivity index is 2.18. The van der Waals surface area contributed by atoms with Crippen molar-refractivity contribution in [1.29, 1.82) is 0 Å². The molecule has 1 saturated carbocycles. The molecule has 0 amide bonds. The molecule has 1 unspecified atom stereocenters. The van der Waals surface area contributed by atoms with Gasteiger partial charge >= 0.3 is 5.97 Å². The van der Waals surface area contributed by atoms with Crippen LogP contribution in [-0.2, 0) is 14.3 Å². The summed E-state index contributed by atoms with van der Waals surface area (Å²) in [6.07, 6.45) is 1.41. The third kappa shape index (κ3) is 1.77. The van der Waals surface area contributed by atoms with E-state index in [9.17, 15) is 9.59 Å². The third-order valence-corrected chi connectivity index (χ3v) is 5.22. The second kappa shape index (κ2) is 4.40. The van der Waals surface area contributed by atoms with Crippen molar-refractivity contribution in [3.8, 4) is 0 Å². The lowest BCUT2D eigenvalue weighted by atomic mass is 9.81. The second-order valence-electron chi connectivity index (χ2n) is 4.82. The van der Waals surface area contributed by atoms with Crippen LogP contribution < -0.4 is 0 Å². The van der Waals surface area contributed by atoms with E-state index in [4.69, 9.17) is 4.74 Å². The lowest BCUT2D eigenvalue weighted by molar-refractivity contribution is -0.159.